The van der Waals surface area contributed by atoms with E-state index in [1.165, 1.54) is 33.1 Å². The van der Waals surface area contributed by atoms with Gasteiger partial charge in [-0.15, -0.1) is 0 Å². The largest absolute Gasteiger partial charge is 0.493 e. The number of para-hydroxylation sites is 1. The highest BCUT2D eigenvalue weighted by Gasteiger charge is 2.24. The summed E-state index contributed by atoms with van der Waals surface area (Å²) in [5, 5.41) is 23.5. The third-order valence-electron chi connectivity index (χ3n) is 8.20. The molecule has 0 saturated carbocycles. The van der Waals surface area contributed by atoms with Gasteiger partial charge >= 0.3 is 5.97 Å². The summed E-state index contributed by atoms with van der Waals surface area (Å²) in [5.41, 5.74) is 5.47. The van der Waals surface area contributed by atoms with Crippen molar-refractivity contribution >= 4 is 40.2 Å². The van der Waals surface area contributed by atoms with E-state index >= 15 is 0 Å². The number of nitrogens with zero attached hydrogens (tertiary/aromatic N) is 3. The molecular formula is C40H32N4O6S. The van der Waals surface area contributed by atoms with Crippen LogP contribution in [-0.4, -0.2) is 53.5 Å². The molecule has 0 aliphatic carbocycles. The lowest BCUT2D eigenvalue weighted by atomic mass is 9.98. The van der Waals surface area contributed by atoms with E-state index in [-0.39, 0.29) is 11.5 Å². The molecule has 51 heavy (non-hydrogen) atoms. The number of nitrogens with one attached hydrogen (secondary N) is 1. The lowest BCUT2D eigenvalue weighted by Gasteiger charge is -2.18. The summed E-state index contributed by atoms with van der Waals surface area (Å²) < 4.78 is 16.7. The lowest BCUT2D eigenvalue weighted by Crippen LogP contribution is -2.22. The van der Waals surface area contributed by atoms with E-state index < -0.39 is 11.2 Å². The molecule has 0 radical (unpaired) electrons. The fourth-order valence-electron chi connectivity index (χ4n) is 5.63. The second-order valence-electron chi connectivity index (χ2n) is 11.3. The number of carbonyl (C=O) groups excluding carboxylic acids is 1. The van der Waals surface area contributed by atoms with E-state index in [4.69, 9.17) is 19.2 Å². The molecule has 0 bridgehead atoms. The molecule has 0 aliphatic heterocycles. The van der Waals surface area contributed by atoms with Crippen LogP contribution in [0, 0.1) is 11.3 Å². The summed E-state index contributed by atoms with van der Waals surface area (Å²) in [4.78, 5) is 35.0. The Labute approximate surface area is 298 Å². The molecule has 6 rings (SSSR count). The van der Waals surface area contributed by atoms with Crippen LogP contribution in [0.4, 0.5) is 5.69 Å². The fourth-order valence-corrected chi connectivity index (χ4v) is 6.55. The second kappa shape index (κ2) is 15.0. The molecule has 2 N–H and O–H groups in total. The quantitative estimate of drug-likeness (QED) is 0.127. The number of aromatic carboxylic acids is 1. The number of carbonyl (C=O) groups is 2. The molecule has 0 spiro atoms. The van der Waals surface area contributed by atoms with Crippen molar-refractivity contribution in [2.75, 3.05) is 26.6 Å². The monoisotopic (exact) mass is 696 g/mol. The van der Waals surface area contributed by atoms with Crippen molar-refractivity contribution in [2.45, 2.75) is 17.2 Å². The highest BCUT2D eigenvalue weighted by Crippen LogP contribution is 2.44. The number of hydrogen-bond donors (Lipinski definition) is 2. The summed E-state index contributed by atoms with van der Waals surface area (Å²) in [6, 6.07) is 32.9. The van der Waals surface area contributed by atoms with Crippen molar-refractivity contribution in [2.24, 2.45) is 0 Å². The van der Waals surface area contributed by atoms with Gasteiger partial charge in [-0.3, -0.25) is 4.79 Å². The van der Waals surface area contributed by atoms with Gasteiger partial charge in [-0.1, -0.05) is 72.4 Å². The van der Waals surface area contributed by atoms with E-state index in [2.05, 4.69) is 16.4 Å². The molecule has 1 atom stereocenters. The second-order valence-corrected chi connectivity index (χ2v) is 12.7. The molecule has 2 heterocycles. The maximum Gasteiger partial charge on any atom is 0.336 e. The molecule has 0 aliphatic rings. The highest BCUT2D eigenvalue weighted by molar-refractivity contribution is 8.00. The zero-order chi connectivity index (χ0) is 36.1. The Hall–Kier alpha value is -6.38. The first-order chi connectivity index (χ1) is 24.7. The molecule has 0 saturated heterocycles. The molecular weight excluding hydrogens is 665 g/mol. The van der Waals surface area contributed by atoms with E-state index in [0.717, 1.165) is 5.56 Å². The number of thioether (sulfide) groups is 1. The standard InChI is InChI=1S/C40H32N4O6S/c1-23(38(45)42-27-16-14-25(15-17-27)33-21-30(40(46)47)28-12-8-9-13-32(28)43-33)51-39-31(22-41)29(20-34(44-39)24-10-6-5-7-11-24)26-18-35(48-2)37(50-4)36(19-26)49-3/h5-21,23H,1-4H3,(H,42,45)(H,46,47). The summed E-state index contributed by atoms with van der Waals surface area (Å²) in [5.74, 6) is -0.0499. The predicted octanol–water partition coefficient (Wildman–Crippen LogP) is 8.35. The van der Waals surface area contributed by atoms with Crippen molar-refractivity contribution in [3.63, 3.8) is 0 Å². The van der Waals surface area contributed by atoms with Gasteiger partial charge in [0.25, 0.3) is 0 Å². The van der Waals surface area contributed by atoms with Crippen molar-refractivity contribution < 1.29 is 28.9 Å². The number of aromatic nitrogens is 2. The molecule has 4 aromatic carbocycles. The van der Waals surface area contributed by atoms with Crippen LogP contribution in [0.1, 0.15) is 22.8 Å². The number of rotatable bonds is 11. The van der Waals surface area contributed by atoms with Crippen LogP contribution < -0.4 is 19.5 Å². The van der Waals surface area contributed by atoms with Crippen LogP contribution in [0.3, 0.4) is 0 Å². The van der Waals surface area contributed by atoms with Crippen molar-refractivity contribution in [3.8, 4) is 57.0 Å². The van der Waals surface area contributed by atoms with Crippen LogP contribution in [-0.2, 0) is 4.79 Å². The van der Waals surface area contributed by atoms with Crippen LogP contribution in [0.15, 0.2) is 108 Å². The van der Waals surface area contributed by atoms with Crippen LogP contribution in [0.25, 0.3) is 44.5 Å². The first-order valence-corrected chi connectivity index (χ1v) is 16.6. The smallest absolute Gasteiger partial charge is 0.336 e. The maximum absolute atomic E-state index is 13.5. The minimum Gasteiger partial charge on any atom is -0.493 e. The number of hydrogen-bond acceptors (Lipinski definition) is 9. The van der Waals surface area contributed by atoms with E-state index in [1.807, 2.05) is 42.5 Å². The third-order valence-corrected chi connectivity index (χ3v) is 9.28. The Bertz CT molecular complexity index is 2280. The molecule has 1 amide bonds. The summed E-state index contributed by atoms with van der Waals surface area (Å²) in [6.07, 6.45) is 0. The number of anilines is 1. The van der Waals surface area contributed by atoms with Crippen molar-refractivity contribution in [1.82, 2.24) is 9.97 Å². The minimum atomic E-state index is -1.04. The number of pyridine rings is 2. The van der Waals surface area contributed by atoms with Gasteiger partial charge in [-0.05, 0) is 55.0 Å². The number of amides is 1. The number of methoxy groups -OCH3 is 3. The Morgan fingerprint density at radius 2 is 1.41 bits per heavy atom. The van der Waals surface area contributed by atoms with E-state index in [0.29, 0.717) is 72.5 Å². The third kappa shape index (κ3) is 7.18. The number of nitriles is 1. The number of carboxylic acid groups (broad SMARTS) is 1. The van der Waals surface area contributed by atoms with E-state index in [9.17, 15) is 20.0 Å². The van der Waals surface area contributed by atoms with Gasteiger partial charge in [-0.2, -0.15) is 5.26 Å². The molecule has 2 aromatic heterocycles. The average molecular weight is 697 g/mol. The van der Waals surface area contributed by atoms with Gasteiger partial charge < -0.3 is 24.6 Å². The topological polar surface area (TPSA) is 144 Å². The van der Waals surface area contributed by atoms with Gasteiger partial charge in [0, 0.05) is 27.8 Å². The van der Waals surface area contributed by atoms with Crippen LogP contribution in [0.5, 0.6) is 17.2 Å². The normalized spacial score (nSPS) is 11.4. The summed E-state index contributed by atoms with van der Waals surface area (Å²) in [6.45, 7) is 1.75. The SMILES string of the molecule is COc1cc(-c2cc(-c3ccccc3)nc(SC(C)C(=O)Nc3ccc(-c4cc(C(=O)O)c5ccccc5n4)cc3)c2C#N)cc(OC)c1OC. The van der Waals surface area contributed by atoms with Crippen LogP contribution in [0.2, 0.25) is 0 Å². The molecule has 10 nitrogen and oxygen atoms in total. The molecule has 254 valence electrons. The van der Waals surface area contributed by atoms with E-state index in [1.54, 1.807) is 67.6 Å². The number of benzene rings is 4. The predicted molar refractivity (Wildman–Crippen MR) is 198 cm³/mol. The molecule has 6 aromatic rings. The zero-order valence-electron chi connectivity index (χ0n) is 28.1. The highest BCUT2D eigenvalue weighted by atomic mass is 32.2. The Kier molecular flexibility index (Phi) is 10.2. The lowest BCUT2D eigenvalue weighted by molar-refractivity contribution is -0.115. The van der Waals surface area contributed by atoms with Gasteiger partial charge in [0.15, 0.2) is 11.5 Å². The summed E-state index contributed by atoms with van der Waals surface area (Å²) in [7, 11) is 4.58. The number of carboxylic acids is 1. The van der Waals surface area contributed by atoms with Gasteiger partial charge in [0.1, 0.15) is 11.1 Å². The Morgan fingerprint density at radius 3 is 2.04 bits per heavy atom. The average Bonchev–Trinajstić information content (AvgIpc) is 3.16. The Balaban J connectivity index is 1.30. The molecule has 0 fully saturated rings. The van der Waals surface area contributed by atoms with Gasteiger partial charge in [0.05, 0.1) is 54.6 Å². The van der Waals surface area contributed by atoms with Gasteiger partial charge in [0.2, 0.25) is 11.7 Å². The summed E-state index contributed by atoms with van der Waals surface area (Å²) >= 11 is 1.17. The van der Waals surface area contributed by atoms with Crippen molar-refractivity contribution in [3.05, 3.63) is 114 Å². The fraction of sp³-hybridized carbons (Fsp3) is 0.125. The minimum absolute atomic E-state index is 0.161. The molecule has 11 heteroatoms. The maximum atomic E-state index is 13.5. The van der Waals surface area contributed by atoms with Crippen molar-refractivity contribution in [1.29, 1.82) is 5.26 Å². The first-order valence-electron chi connectivity index (χ1n) is 15.8. The zero-order valence-corrected chi connectivity index (χ0v) is 28.9. The number of fused-ring (bicyclic) bond motifs is 1. The first kappa shape index (κ1) is 34.5. The number of ether oxygens (including phenoxy) is 3. The van der Waals surface area contributed by atoms with Gasteiger partial charge in [-0.25, -0.2) is 14.8 Å². The van der Waals surface area contributed by atoms with Crippen LogP contribution >= 0.6 is 11.8 Å². The Morgan fingerprint density at radius 1 is 0.784 bits per heavy atom. The molecule has 1 unspecified atom stereocenters.